The molecule has 1 aliphatic rings. The van der Waals surface area contributed by atoms with Crippen LogP contribution in [0.25, 0.3) is 11.3 Å². The molecular weight excluding hydrogens is 230 g/mol. The van der Waals surface area contributed by atoms with Gasteiger partial charge in [-0.25, -0.2) is 4.98 Å². The minimum atomic E-state index is -0.122. The summed E-state index contributed by atoms with van der Waals surface area (Å²) < 4.78 is 1.51. The first-order valence-corrected chi connectivity index (χ1v) is 5.69. The van der Waals surface area contributed by atoms with Crippen LogP contribution >= 0.6 is 0 Å². The average Bonchev–Trinajstić information content (AvgIpc) is 2.83. The molecule has 1 amide bonds. The van der Waals surface area contributed by atoms with Gasteiger partial charge in [-0.2, -0.15) is 0 Å². The van der Waals surface area contributed by atoms with Gasteiger partial charge in [-0.3, -0.25) is 19.1 Å². The van der Waals surface area contributed by atoms with Crippen LogP contribution < -0.4 is 10.5 Å². The number of carbonyl (C=O) groups excluding carboxylic acids is 1. The van der Waals surface area contributed by atoms with E-state index in [4.69, 9.17) is 0 Å². The van der Waals surface area contributed by atoms with Crippen molar-refractivity contribution in [2.75, 3.05) is 11.4 Å². The number of hydrogen-bond donors (Lipinski definition) is 0. The first-order valence-electron chi connectivity index (χ1n) is 5.69. The third-order valence-electron chi connectivity index (χ3n) is 3.01. The highest BCUT2D eigenvalue weighted by Crippen LogP contribution is 2.20. The number of rotatable bonds is 2. The van der Waals surface area contributed by atoms with Crippen LogP contribution in [0.5, 0.6) is 0 Å². The van der Waals surface area contributed by atoms with E-state index in [0.717, 1.165) is 5.56 Å². The average molecular weight is 241 g/mol. The molecule has 0 atom stereocenters. The molecule has 5 nitrogen and oxygen atoms in total. The van der Waals surface area contributed by atoms with Crippen LogP contribution in [0.2, 0.25) is 0 Å². The SMILES string of the molecule is O=CN1CCn2c1nc(-c1ccccc1)cc2=O. The molecule has 0 radical (unpaired) electrons. The molecule has 1 aromatic carbocycles. The van der Waals surface area contributed by atoms with Crippen molar-refractivity contribution in [3.63, 3.8) is 0 Å². The Balaban J connectivity index is 2.18. The number of amides is 1. The van der Waals surface area contributed by atoms with Crippen molar-refractivity contribution < 1.29 is 4.79 Å². The minimum absolute atomic E-state index is 0.122. The second kappa shape index (κ2) is 4.10. The van der Waals surface area contributed by atoms with Crippen molar-refractivity contribution >= 4 is 12.4 Å². The van der Waals surface area contributed by atoms with E-state index in [1.54, 1.807) is 0 Å². The standard InChI is InChI=1S/C13H11N3O2/c17-9-15-6-7-16-12(18)8-11(14-13(15)16)10-4-2-1-3-5-10/h1-5,8-9H,6-7H2. The Morgan fingerprint density at radius 3 is 2.67 bits per heavy atom. The maximum atomic E-state index is 11.9. The fraction of sp³-hybridized carbons (Fsp3) is 0.154. The number of fused-ring (bicyclic) bond motifs is 1. The first-order chi connectivity index (χ1) is 8.79. The lowest BCUT2D eigenvalue weighted by atomic mass is 10.1. The summed E-state index contributed by atoms with van der Waals surface area (Å²) in [5, 5.41) is 0. The third kappa shape index (κ3) is 1.60. The molecule has 1 aliphatic heterocycles. The minimum Gasteiger partial charge on any atom is -0.283 e. The van der Waals surface area contributed by atoms with Crippen molar-refractivity contribution in [2.24, 2.45) is 0 Å². The van der Waals surface area contributed by atoms with Gasteiger partial charge in [0.2, 0.25) is 12.4 Å². The fourth-order valence-electron chi connectivity index (χ4n) is 2.09. The molecule has 2 aromatic rings. The lowest BCUT2D eigenvalue weighted by Crippen LogP contribution is -2.21. The van der Waals surface area contributed by atoms with E-state index in [-0.39, 0.29) is 5.56 Å². The van der Waals surface area contributed by atoms with Gasteiger partial charge in [0.15, 0.2) is 0 Å². The molecule has 0 saturated carbocycles. The molecule has 0 spiro atoms. The number of anilines is 1. The van der Waals surface area contributed by atoms with Crippen molar-refractivity contribution in [3.05, 3.63) is 46.8 Å². The summed E-state index contributed by atoms with van der Waals surface area (Å²) in [4.78, 5) is 28.7. The molecule has 0 unspecified atom stereocenters. The third-order valence-corrected chi connectivity index (χ3v) is 3.01. The van der Waals surface area contributed by atoms with Gasteiger partial charge >= 0.3 is 0 Å². The number of nitrogens with zero attached hydrogens (tertiary/aromatic N) is 3. The molecule has 2 heterocycles. The second-order valence-corrected chi connectivity index (χ2v) is 4.10. The Morgan fingerprint density at radius 2 is 1.94 bits per heavy atom. The second-order valence-electron chi connectivity index (χ2n) is 4.10. The summed E-state index contributed by atoms with van der Waals surface area (Å²) in [5.74, 6) is 0.427. The zero-order valence-corrected chi connectivity index (χ0v) is 9.61. The molecule has 0 saturated heterocycles. The molecular formula is C13H11N3O2. The summed E-state index contributed by atoms with van der Waals surface area (Å²) in [7, 11) is 0. The topological polar surface area (TPSA) is 55.2 Å². The summed E-state index contributed by atoms with van der Waals surface area (Å²) in [5.41, 5.74) is 1.35. The van der Waals surface area contributed by atoms with Gasteiger partial charge in [0.1, 0.15) is 0 Å². The maximum absolute atomic E-state index is 11.9. The molecule has 3 rings (SSSR count). The van der Waals surface area contributed by atoms with E-state index in [0.29, 0.717) is 31.1 Å². The number of hydrogen-bond acceptors (Lipinski definition) is 3. The van der Waals surface area contributed by atoms with Crippen LogP contribution in [0, 0.1) is 0 Å². The normalized spacial score (nSPS) is 13.4. The van der Waals surface area contributed by atoms with Crippen LogP contribution in [0.4, 0.5) is 5.95 Å². The molecule has 1 aromatic heterocycles. The molecule has 18 heavy (non-hydrogen) atoms. The number of benzene rings is 1. The van der Waals surface area contributed by atoms with Gasteiger partial charge in [0.25, 0.3) is 5.56 Å². The molecule has 0 fully saturated rings. The quantitative estimate of drug-likeness (QED) is 0.734. The van der Waals surface area contributed by atoms with Gasteiger partial charge in [0.05, 0.1) is 5.69 Å². The van der Waals surface area contributed by atoms with Crippen molar-refractivity contribution in [1.82, 2.24) is 9.55 Å². The highest BCUT2D eigenvalue weighted by Gasteiger charge is 2.21. The van der Waals surface area contributed by atoms with E-state index in [2.05, 4.69) is 4.98 Å². The Morgan fingerprint density at radius 1 is 1.17 bits per heavy atom. The highest BCUT2D eigenvalue weighted by atomic mass is 16.1. The molecule has 0 N–H and O–H groups in total. The zero-order chi connectivity index (χ0) is 12.5. The fourth-order valence-corrected chi connectivity index (χ4v) is 2.09. The van der Waals surface area contributed by atoms with Crippen molar-refractivity contribution in [2.45, 2.75) is 6.54 Å². The van der Waals surface area contributed by atoms with Gasteiger partial charge in [0, 0.05) is 24.7 Å². The van der Waals surface area contributed by atoms with Crippen LogP contribution in [-0.4, -0.2) is 22.5 Å². The van der Waals surface area contributed by atoms with Crippen LogP contribution in [0.1, 0.15) is 0 Å². The van der Waals surface area contributed by atoms with Crippen molar-refractivity contribution in [3.8, 4) is 11.3 Å². The first kappa shape index (κ1) is 10.7. The number of aromatic nitrogens is 2. The molecule has 90 valence electrons. The van der Waals surface area contributed by atoms with E-state index < -0.39 is 0 Å². The van der Waals surface area contributed by atoms with Crippen molar-refractivity contribution in [1.29, 1.82) is 0 Å². The van der Waals surface area contributed by atoms with E-state index in [1.165, 1.54) is 15.5 Å². The van der Waals surface area contributed by atoms with E-state index in [1.807, 2.05) is 30.3 Å². The molecule has 0 bridgehead atoms. The smallest absolute Gasteiger partial charge is 0.255 e. The Kier molecular flexibility index (Phi) is 2.44. The van der Waals surface area contributed by atoms with E-state index >= 15 is 0 Å². The van der Waals surface area contributed by atoms with Gasteiger partial charge < -0.3 is 0 Å². The lowest BCUT2D eigenvalue weighted by molar-refractivity contribution is -0.107. The Bertz CT molecular complexity index is 649. The summed E-state index contributed by atoms with van der Waals surface area (Å²) in [6.45, 7) is 1.01. The van der Waals surface area contributed by atoms with Crippen LogP contribution in [-0.2, 0) is 11.3 Å². The molecule has 5 heteroatoms. The Labute approximate surface area is 103 Å². The monoisotopic (exact) mass is 241 g/mol. The predicted octanol–water partition coefficient (Wildman–Crippen LogP) is 0.887. The predicted molar refractivity (Wildman–Crippen MR) is 67.3 cm³/mol. The van der Waals surface area contributed by atoms with Crippen LogP contribution in [0.15, 0.2) is 41.2 Å². The summed E-state index contributed by atoms with van der Waals surface area (Å²) in [6, 6.07) is 11.0. The van der Waals surface area contributed by atoms with Gasteiger partial charge in [-0.15, -0.1) is 0 Å². The molecule has 0 aliphatic carbocycles. The van der Waals surface area contributed by atoms with Gasteiger partial charge in [-0.05, 0) is 0 Å². The largest absolute Gasteiger partial charge is 0.283 e. The lowest BCUT2D eigenvalue weighted by Gasteiger charge is -2.09. The van der Waals surface area contributed by atoms with E-state index in [9.17, 15) is 9.59 Å². The Hall–Kier alpha value is -2.43. The maximum Gasteiger partial charge on any atom is 0.255 e. The zero-order valence-electron chi connectivity index (χ0n) is 9.61. The van der Waals surface area contributed by atoms with Gasteiger partial charge in [-0.1, -0.05) is 30.3 Å². The summed E-state index contributed by atoms with van der Waals surface area (Å²) >= 11 is 0. The van der Waals surface area contributed by atoms with Crippen LogP contribution in [0.3, 0.4) is 0 Å². The summed E-state index contributed by atoms with van der Waals surface area (Å²) in [6.07, 6.45) is 0.708. The number of carbonyl (C=O) groups is 1. The highest BCUT2D eigenvalue weighted by molar-refractivity contribution is 5.73.